The molecule has 2 rings (SSSR count). The molecule has 1 spiro atoms. The van der Waals surface area contributed by atoms with Crippen molar-refractivity contribution in [2.24, 2.45) is 11.3 Å². The molecule has 2 aliphatic carbocycles. The van der Waals surface area contributed by atoms with E-state index in [1.54, 1.807) is 0 Å². The van der Waals surface area contributed by atoms with Crippen LogP contribution >= 0.6 is 0 Å². The van der Waals surface area contributed by atoms with Crippen LogP contribution < -0.4 is 5.32 Å². The summed E-state index contributed by atoms with van der Waals surface area (Å²) < 4.78 is 0. The zero-order valence-electron chi connectivity index (χ0n) is 11.2. The first-order chi connectivity index (χ1) is 7.79. The highest BCUT2D eigenvalue weighted by atomic mass is 14.9. The standard InChI is InChI=1S/C15H29N/c1-3-6-14(16-2)13-7-11-15(12-8-13)9-4-5-10-15/h13-14,16H,3-12H2,1-2H3. The molecule has 2 saturated carbocycles. The Balaban J connectivity index is 1.83. The molecule has 0 aromatic carbocycles. The smallest absolute Gasteiger partial charge is 0.00922 e. The van der Waals surface area contributed by atoms with Crippen LogP contribution in [0.5, 0.6) is 0 Å². The highest BCUT2D eigenvalue weighted by Gasteiger charge is 2.38. The van der Waals surface area contributed by atoms with Gasteiger partial charge in [0.1, 0.15) is 0 Å². The molecule has 0 heterocycles. The Morgan fingerprint density at radius 2 is 1.75 bits per heavy atom. The van der Waals surface area contributed by atoms with Crippen molar-refractivity contribution in [3.63, 3.8) is 0 Å². The van der Waals surface area contributed by atoms with E-state index in [4.69, 9.17) is 0 Å². The minimum atomic E-state index is 0.795. The summed E-state index contributed by atoms with van der Waals surface area (Å²) in [5.74, 6) is 0.969. The van der Waals surface area contributed by atoms with Crippen molar-refractivity contribution in [1.29, 1.82) is 0 Å². The quantitative estimate of drug-likeness (QED) is 0.756. The van der Waals surface area contributed by atoms with Gasteiger partial charge in [-0.05, 0) is 63.3 Å². The summed E-state index contributed by atoms with van der Waals surface area (Å²) in [4.78, 5) is 0. The second kappa shape index (κ2) is 5.53. The lowest BCUT2D eigenvalue weighted by molar-refractivity contribution is 0.132. The lowest BCUT2D eigenvalue weighted by Gasteiger charge is -2.40. The van der Waals surface area contributed by atoms with E-state index in [0.29, 0.717) is 0 Å². The van der Waals surface area contributed by atoms with E-state index in [1.165, 1.54) is 64.2 Å². The van der Waals surface area contributed by atoms with Gasteiger partial charge in [-0.1, -0.05) is 26.2 Å². The lowest BCUT2D eigenvalue weighted by atomic mass is 9.67. The molecule has 16 heavy (non-hydrogen) atoms. The third-order valence-corrected chi connectivity index (χ3v) is 5.29. The van der Waals surface area contributed by atoms with Gasteiger partial charge in [0.05, 0.1) is 0 Å². The summed E-state index contributed by atoms with van der Waals surface area (Å²) in [5, 5.41) is 3.55. The predicted octanol–water partition coefficient (Wildman–Crippen LogP) is 4.13. The van der Waals surface area contributed by atoms with Gasteiger partial charge < -0.3 is 5.32 Å². The van der Waals surface area contributed by atoms with E-state index >= 15 is 0 Å². The topological polar surface area (TPSA) is 12.0 Å². The lowest BCUT2D eigenvalue weighted by Crippen LogP contribution is -2.37. The van der Waals surface area contributed by atoms with Gasteiger partial charge in [-0.25, -0.2) is 0 Å². The van der Waals surface area contributed by atoms with Gasteiger partial charge in [-0.2, -0.15) is 0 Å². The molecule has 2 fully saturated rings. The van der Waals surface area contributed by atoms with Crippen molar-refractivity contribution < 1.29 is 0 Å². The first-order valence-electron chi connectivity index (χ1n) is 7.47. The van der Waals surface area contributed by atoms with Crippen LogP contribution in [0.15, 0.2) is 0 Å². The van der Waals surface area contributed by atoms with Crippen LogP contribution in [-0.2, 0) is 0 Å². The van der Waals surface area contributed by atoms with Crippen molar-refractivity contribution in [2.75, 3.05) is 7.05 Å². The van der Waals surface area contributed by atoms with Crippen molar-refractivity contribution in [1.82, 2.24) is 5.32 Å². The molecule has 0 saturated heterocycles. The maximum Gasteiger partial charge on any atom is 0.00922 e. The second-order valence-corrected chi connectivity index (χ2v) is 6.23. The minimum absolute atomic E-state index is 0.795. The van der Waals surface area contributed by atoms with E-state index in [-0.39, 0.29) is 0 Å². The van der Waals surface area contributed by atoms with Crippen LogP contribution in [0.25, 0.3) is 0 Å². The minimum Gasteiger partial charge on any atom is -0.317 e. The Morgan fingerprint density at radius 1 is 1.12 bits per heavy atom. The van der Waals surface area contributed by atoms with Crippen molar-refractivity contribution in [2.45, 2.75) is 77.2 Å². The average Bonchev–Trinajstić information content (AvgIpc) is 2.76. The third-order valence-electron chi connectivity index (χ3n) is 5.29. The number of hydrogen-bond acceptors (Lipinski definition) is 1. The van der Waals surface area contributed by atoms with E-state index in [1.807, 2.05) is 0 Å². The van der Waals surface area contributed by atoms with Gasteiger partial charge in [0, 0.05) is 6.04 Å². The van der Waals surface area contributed by atoms with Crippen molar-refractivity contribution in [3.8, 4) is 0 Å². The molecule has 1 unspecified atom stereocenters. The van der Waals surface area contributed by atoms with Crippen molar-refractivity contribution >= 4 is 0 Å². The fourth-order valence-corrected chi connectivity index (χ4v) is 4.21. The van der Waals surface area contributed by atoms with Crippen LogP contribution in [0.4, 0.5) is 0 Å². The van der Waals surface area contributed by atoms with Crippen LogP contribution in [0.2, 0.25) is 0 Å². The Bertz CT molecular complexity index is 195. The molecule has 0 aromatic rings. The van der Waals surface area contributed by atoms with E-state index in [9.17, 15) is 0 Å². The molecule has 0 radical (unpaired) electrons. The first kappa shape index (κ1) is 12.4. The van der Waals surface area contributed by atoms with E-state index < -0.39 is 0 Å². The summed E-state index contributed by atoms with van der Waals surface area (Å²) in [6.45, 7) is 2.31. The fourth-order valence-electron chi connectivity index (χ4n) is 4.21. The maximum absolute atomic E-state index is 3.55. The molecule has 1 heteroatoms. The summed E-state index contributed by atoms with van der Waals surface area (Å²) in [5.41, 5.74) is 0.807. The van der Waals surface area contributed by atoms with Gasteiger partial charge in [0.2, 0.25) is 0 Å². The Morgan fingerprint density at radius 3 is 2.25 bits per heavy atom. The Labute approximate surface area is 101 Å². The monoisotopic (exact) mass is 223 g/mol. The summed E-state index contributed by atoms with van der Waals surface area (Å²) in [6.07, 6.45) is 14.8. The SMILES string of the molecule is CCCC(NC)C1CCC2(CCCC2)CC1. The highest BCUT2D eigenvalue weighted by Crippen LogP contribution is 2.50. The third kappa shape index (κ3) is 2.61. The van der Waals surface area contributed by atoms with Gasteiger partial charge in [0.25, 0.3) is 0 Å². The average molecular weight is 223 g/mol. The van der Waals surface area contributed by atoms with Crippen LogP contribution in [0.3, 0.4) is 0 Å². The first-order valence-corrected chi connectivity index (χ1v) is 7.47. The van der Waals surface area contributed by atoms with Crippen LogP contribution in [0.1, 0.15) is 71.1 Å². The highest BCUT2D eigenvalue weighted by molar-refractivity contribution is 4.91. The molecule has 1 N–H and O–H groups in total. The molecule has 1 nitrogen and oxygen atoms in total. The predicted molar refractivity (Wildman–Crippen MR) is 70.6 cm³/mol. The molecule has 1 atom stereocenters. The zero-order valence-corrected chi connectivity index (χ0v) is 11.2. The number of rotatable bonds is 4. The van der Waals surface area contributed by atoms with Gasteiger partial charge in [-0.3, -0.25) is 0 Å². The summed E-state index contributed by atoms with van der Waals surface area (Å²) in [7, 11) is 2.15. The summed E-state index contributed by atoms with van der Waals surface area (Å²) in [6, 6.07) is 0.795. The van der Waals surface area contributed by atoms with E-state index in [0.717, 1.165) is 17.4 Å². The molecule has 0 amide bonds. The second-order valence-electron chi connectivity index (χ2n) is 6.23. The largest absolute Gasteiger partial charge is 0.317 e. The molecule has 94 valence electrons. The van der Waals surface area contributed by atoms with Crippen molar-refractivity contribution in [3.05, 3.63) is 0 Å². The zero-order chi connectivity index (χ0) is 11.4. The molecule has 0 aliphatic heterocycles. The van der Waals surface area contributed by atoms with Crippen LogP contribution in [-0.4, -0.2) is 13.1 Å². The number of hydrogen-bond donors (Lipinski definition) is 1. The Kier molecular flexibility index (Phi) is 4.29. The molecular formula is C15H29N. The molecule has 0 aromatic heterocycles. The molecule has 2 aliphatic rings. The normalized spacial score (nSPS) is 27.4. The molecule has 0 bridgehead atoms. The number of nitrogens with one attached hydrogen (secondary N) is 1. The van der Waals surface area contributed by atoms with E-state index in [2.05, 4.69) is 19.3 Å². The van der Waals surface area contributed by atoms with Gasteiger partial charge in [0.15, 0.2) is 0 Å². The fraction of sp³-hybridized carbons (Fsp3) is 1.00. The van der Waals surface area contributed by atoms with Gasteiger partial charge in [-0.15, -0.1) is 0 Å². The van der Waals surface area contributed by atoms with Gasteiger partial charge >= 0.3 is 0 Å². The Hall–Kier alpha value is -0.0400. The maximum atomic E-state index is 3.55. The van der Waals surface area contributed by atoms with Crippen LogP contribution in [0, 0.1) is 11.3 Å². The summed E-state index contributed by atoms with van der Waals surface area (Å²) >= 11 is 0. The molecular weight excluding hydrogens is 194 g/mol.